The molecule has 2 heterocycles. The Labute approximate surface area is 198 Å². The number of aliphatic hydroxyl groups is 2. The van der Waals surface area contributed by atoms with Gasteiger partial charge < -0.3 is 25.0 Å². The molecular weight excluding hydrogens is 448 g/mol. The number of rotatable bonds is 7. The molecule has 33 heavy (non-hydrogen) atoms. The smallest absolute Gasteiger partial charge is 0.219 e. The van der Waals surface area contributed by atoms with E-state index in [0.29, 0.717) is 6.42 Å². The van der Waals surface area contributed by atoms with Crippen LogP contribution in [0.2, 0.25) is 0 Å². The van der Waals surface area contributed by atoms with Gasteiger partial charge in [-0.25, -0.2) is 0 Å². The zero-order chi connectivity index (χ0) is 22.8. The number of ether oxygens (including phenoxy) is 2. The minimum Gasteiger partial charge on any atom is -0.362 e. The van der Waals surface area contributed by atoms with Gasteiger partial charge in [-0.05, 0) is 35.2 Å². The van der Waals surface area contributed by atoms with Gasteiger partial charge in [0.1, 0.15) is 0 Å². The highest BCUT2D eigenvalue weighted by Gasteiger charge is 2.39. The summed E-state index contributed by atoms with van der Waals surface area (Å²) in [6, 6.07) is 13.5. The van der Waals surface area contributed by atoms with Crippen molar-refractivity contribution in [2.75, 3.05) is 33.9 Å². The van der Waals surface area contributed by atoms with Crippen molar-refractivity contribution in [2.45, 2.75) is 31.1 Å². The average Bonchev–Trinajstić information content (AvgIpc) is 2.85. The maximum Gasteiger partial charge on any atom is 0.219 e. The summed E-state index contributed by atoms with van der Waals surface area (Å²) < 4.78 is 9.60. The summed E-state index contributed by atoms with van der Waals surface area (Å²) in [5.74, 6) is -1.47. The third-order valence-corrected chi connectivity index (χ3v) is 6.30. The Morgan fingerprint density at radius 1 is 1.03 bits per heavy atom. The maximum absolute atomic E-state index is 13.0. The minimum atomic E-state index is -1.72. The van der Waals surface area contributed by atoms with E-state index in [4.69, 9.17) is 9.47 Å². The van der Waals surface area contributed by atoms with E-state index in [2.05, 4.69) is 22.3 Å². The third kappa shape index (κ3) is 4.88. The molecule has 4 rings (SSSR count). The molecule has 3 N–H and O–H groups in total. The number of carbonyl (C=O) groups excluding carboxylic acids is 2. The monoisotopic (exact) mass is 476 g/mol. The summed E-state index contributed by atoms with van der Waals surface area (Å²) in [6.45, 7) is 2.52. The molecule has 1 saturated heterocycles. The first-order chi connectivity index (χ1) is 15.5. The van der Waals surface area contributed by atoms with Crippen LogP contribution in [0.25, 0.3) is 0 Å². The number of nitrogens with zero attached hydrogens (tertiary/aromatic N) is 1. The van der Waals surface area contributed by atoms with Crippen molar-refractivity contribution in [1.82, 2.24) is 10.2 Å². The second kappa shape index (κ2) is 10.8. The number of Topliss-reactive ketones (excluding diaryl/α,β-unsaturated/α-hetero) is 2. The standard InChI is InChI=1S/C24H28N2O6.ClH/c1-31-23(29)21(27)18-11-15-10-16-13-25-8-9-26(16)20(14-6-4-3-5-7-14)17(15)12-19(18)22(28)24(30)32-2;/h3-7,11-12,16,20,23-25,29-30H,8-10,13H2,1-2H3;1H. The van der Waals surface area contributed by atoms with Gasteiger partial charge in [-0.3, -0.25) is 14.5 Å². The van der Waals surface area contributed by atoms with Crippen molar-refractivity contribution < 1.29 is 29.3 Å². The normalized spacial score (nSPS) is 21.8. The fourth-order valence-electron chi connectivity index (χ4n) is 4.73. The molecular formula is C24H29ClN2O6. The second-order valence-corrected chi connectivity index (χ2v) is 8.11. The quantitative estimate of drug-likeness (QED) is 0.405. The van der Waals surface area contributed by atoms with Crippen LogP contribution in [0.1, 0.15) is 43.4 Å². The van der Waals surface area contributed by atoms with Crippen LogP contribution in [0, 0.1) is 0 Å². The lowest BCUT2D eigenvalue weighted by Crippen LogP contribution is -2.55. The summed E-state index contributed by atoms with van der Waals surface area (Å²) >= 11 is 0. The zero-order valence-corrected chi connectivity index (χ0v) is 19.4. The van der Waals surface area contributed by atoms with Crippen molar-refractivity contribution in [1.29, 1.82) is 0 Å². The topological polar surface area (TPSA) is 108 Å². The van der Waals surface area contributed by atoms with E-state index in [-0.39, 0.29) is 35.6 Å². The van der Waals surface area contributed by atoms with E-state index >= 15 is 0 Å². The molecule has 178 valence electrons. The number of carbonyl (C=O) groups is 2. The number of methoxy groups -OCH3 is 2. The Morgan fingerprint density at radius 3 is 2.24 bits per heavy atom. The number of piperazine rings is 1. The van der Waals surface area contributed by atoms with Crippen LogP contribution in [-0.4, -0.2) is 79.2 Å². The van der Waals surface area contributed by atoms with Crippen LogP contribution in [0.3, 0.4) is 0 Å². The number of fused-ring (bicyclic) bond motifs is 2. The van der Waals surface area contributed by atoms with Crippen LogP contribution in [-0.2, 0) is 15.9 Å². The molecule has 8 nitrogen and oxygen atoms in total. The van der Waals surface area contributed by atoms with Gasteiger partial charge in [0.25, 0.3) is 0 Å². The summed E-state index contributed by atoms with van der Waals surface area (Å²) in [6.07, 6.45) is -2.73. The number of nitrogens with one attached hydrogen (secondary N) is 1. The molecule has 2 aliphatic heterocycles. The van der Waals surface area contributed by atoms with Gasteiger partial charge in [0, 0.05) is 51.0 Å². The van der Waals surface area contributed by atoms with Crippen LogP contribution in [0.5, 0.6) is 0 Å². The lowest BCUT2D eigenvalue weighted by molar-refractivity contribution is -0.0501. The van der Waals surface area contributed by atoms with Crippen molar-refractivity contribution >= 4 is 24.0 Å². The largest absolute Gasteiger partial charge is 0.362 e. The fourth-order valence-corrected chi connectivity index (χ4v) is 4.73. The Morgan fingerprint density at radius 2 is 1.64 bits per heavy atom. The fraction of sp³-hybridized carbons (Fsp3) is 0.417. The number of aliphatic hydroxyl groups excluding tert-OH is 2. The van der Waals surface area contributed by atoms with Crippen molar-refractivity contribution in [3.8, 4) is 0 Å². The maximum atomic E-state index is 13.0. The lowest BCUT2D eigenvalue weighted by Gasteiger charge is -2.46. The summed E-state index contributed by atoms with van der Waals surface area (Å²) in [7, 11) is 2.42. The molecule has 0 aromatic heterocycles. The van der Waals surface area contributed by atoms with E-state index in [1.807, 2.05) is 18.2 Å². The highest BCUT2D eigenvalue weighted by Crippen LogP contribution is 2.40. The molecule has 4 unspecified atom stereocenters. The molecule has 2 aromatic rings. The van der Waals surface area contributed by atoms with Crippen LogP contribution in [0.4, 0.5) is 0 Å². The molecule has 2 aromatic carbocycles. The molecule has 0 bridgehead atoms. The number of ketones is 2. The number of hydrogen-bond donors (Lipinski definition) is 3. The Bertz CT molecular complexity index is 1000. The summed E-state index contributed by atoms with van der Waals surface area (Å²) in [4.78, 5) is 28.2. The van der Waals surface area contributed by atoms with E-state index in [9.17, 15) is 19.8 Å². The average molecular weight is 477 g/mol. The van der Waals surface area contributed by atoms with Crippen molar-refractivity contribution in [3.05, 3.63) is 70.3 Å². The van der Waals surface area contributed by atoms with Crippen LogP contribution < -0.4 is 5.32 Å². The highest BCUT2D eigenvalue weighted by molar-refractivity contribution is 6.11. The van der Waals surface area contributed by atoms with Crippen LogP contribution >= 0.6 is 12.4 Å². The molecule has 0 saturated carbocycles. The highest BCUT2D eigenvalue weighted by atomic mass is 35.5. The third-order valence-electron chi connectivity index (χ3n) is 6.30. The molecule has 0 spiro atoms. The zero-order valence-electron chi connectivity index (χ0n) is 18.6. The minimum absolute atomic E-state index is 0. The predicted octanol–water partition coefficient (Wildman–Crippen LogP) is 1.32. The van der Waals surface area contributed by atoms with Gasteiger partial charge in [0.05, 0.1) is 6.04 Å². The first-order valence-corrected chi connectivity index (χ1v) is 10.6. The number of benzene rings is 2. The lowest BCUT2D eigenvalue weighted by atomic mass is 9.80. The van der Waals surface area contributed by atoms with E-state index in [1.54, 1.807) is 12.1 Å². The summed E-state index contributed by atoms with van der Waals surface area (Å²) in [5, 5.41) is 23.5. The second-order valence-electron chi connectivity index (χ2n) is 8.11. The predicted molar refractivity (Wildman–Crippen MR) is 124 cm³/mol. The summed E-state index contributed by atoms with van der Waals surface area (Å²) in [5.41, 5.74) is 2.95. The van der Waals surface area contributed by atoms with E-state index in [1.165, 1.54) is 14.2 Å². The molecule has 2 aliphatic rings. The molecule has 0 aliphatic carbocycles. The van der Waals surface area contributed by atoms with Crippen LogP contribution in [0.15, 0.2) is 42.5 Å². The van der Waals surface area contributed by atoms with Gasteiger partial charge in [-0.1, -0.05) is 30.3 Å². The van der Waals surface area contributed by atoms with Gasteiger partial charge in [0.15, 0.2) is 0 Å². The molecule has 4 atom stereocenters. The molecule has 0 amide bonds. The van der Waals surface area contributed by atoms with Gasteiger partial charge in [-0.15, -0.1) is 12.4 Å². The van der Waals surface area contributed by atoms with Gasteiger partial charge in [0.2, 0.25) is 24.1 Å². The number of hydrogen-bond acceptors (Lipinski definition) is 8. The Kier molecular flexibility index (Phi) is 8.36. The number of halogens is 1. The van der Waals surface area contributed by atoms with Crippen molar-refractivity contribution in [3.63, 3.8) is 0 Å². The Hall–Kier alpha value is -2.17. The molecule has 1 fully saturated rings. The first-order valence-electron chi connectivity index (χ1n) is 10.6. The molecule has 0 radical (unpaired) electrons. The molecule has 9 heteroatoms. The first kappa shape index (κ1) is 25.5. The van der Waals surface area contributed by atoms with E-state index < -0.39 is 24.1 Å². The van der Waals surface area contributed by atoms with E-state index in [0.717, 1.165) is 36.3 Å². The van der Waals surface area contributed by atoms with Crippen molar-refractivity contribution in [2.24, 2.45) is 0 Å². The SMILES string of the molecule is COC(O)C(=O)c1cc2c(cc1C(=O)C(O)OC)C(c1ccccc1)N1CCNCC1C2.Cl. The Balaban J connectivity index is 0.00000306. The van der Waals surface area contributed by atoms with Gasteiger partial charge >= 0.3 is 0 Å². The van der Waals surface area contributed by atoms with Gasteiger partial charge in [-0.2, -0.15) is 0 Å².